The molecule has 0 aliphatic carbocycles. The third-order valence-corrected chi connectivity index (χ3v) is 12.4. The van der Waals surface area contributed by atoms with Crippen LogP contribution >= 0.6 is 11.8 Å². The number of fused-ring (bicyclic) bond motifs is 10. The molecule has 2 fully saturated rings. The van der Waals surface area contributed by atoms with E-state index in [0.717, 1.165) is 16.7 Å². The number of nitrogens with zero attached hydrogens (tertiary/aromatic N) is 2. The second-order valence-electron chi connectivity index (χ2n) is 14.0. The number of hydrogen-bond donors (Lipinski definition) is 3. The lowest BCUT2D eigenvalue weighted by Gasteiger charge is -2.62. The smallest absolute Gasteiger partial charge is 0.329 e. The van der Waals surface area contributed by atoms with E-state index in [9.17, 15) is 24.6 Å². The average Bonchev–Trinajstić information content (AvgIpc) is 3.63. The van der Waals surface area contributed by atoms with Crippen molar-refractivity contribution in [3.63, 3.8) is 0 Å². The van der Waals surface area contributed by atoms with Gasteiger partial charge in [-0.25, -0.2) is 4.79 Å². The number of carbonyl (C=O) groups excluding carboxylic acids is 3. The fourth-order valence-corrected chi connectivity index (χ4v) is 10.3. The summed E-state index contributed by atoms with van der Waals surface area (Å²) in [5, 5.41) is 26.5. The molecule has 3 N–H and O–H groups in total. The maximum atomic E-state index is 13.8. The van der Waals surface area contributed by atoms with Crippen molar-refractivity contribution in [2.24, 2.45) is 0 Å². The normalized spacial score (nSPS) is 27.4. The number of aliphatic hydroxyl groups excluding tert-OH is 1. The molecule has 6 heterocycles. The lowest BCUT2D eigenvalue weighted by atomic mass is 9.73. The molecule has 7 atom stereocenters. The van der Waals surface area contributed by atoms with E-state index in [-0.39, 0.29) is 24.9 Å². The third kappa shape index (κ3) is 5.70. The van der Waals surface area contributed by atoms with Crippen molar-refractivity contribution < 1.29 is 48.3 Å². The van der Waals surface area contributed by atoms with Gasteiger partial charge in [0.05, 0.1) is 30.5 Å². The van der Waals surface area contributed by atoms with Gasteiger partial charge in [-0.2, -0.15) is 0 Å². The molecular weight excluding hydrogens is 703 g/mol. The van der Waals surface area contributed by atoms with Crippen LogP contribution in [-0.2, 0) is 25.5 Å². The molecule has 6 aliphatic heterocycles. The largest absolute Gasteiger partial charge is 0.504 e. The van der Waals surface area contributed by atoms with Gasteiger partial charge >= 0.3 is 11.9 Å². The Balaban J connectivity index is 1.30. The highest BCUT2D eigenvalue weighted by Crippen LogP contribution is 2.63. The topological polar surface area (TPSA) is 156 Å². The van der Waals surface area contributed by atoms with Gasteiger partial charge in [-0.05, 0) is 50.1 Å². The molecule has 14 heteroatoms. The van der Waals surface area contributed by atoms with Gasteiger partial charge < -0.3 is 39.2 Å². The molecule has 6 aliphatic rings. The van der Waals surface area contributed by atoms with E-state index < -0.39 is 59.5 Å². The maximum absolute atomic E-state index is 13.8. The number of aryl methyl sites for hydroxylation is 1. The monoisotopic (exact) mass is 743 g/mol. The predicted octanol–water partition coefficient (Wildman–Crippen LogP) is 3.86. The first-order chi connectivity index (χ1) is 25.5. The fourth-order valence-electron chi connectivity index (χ4n) is 8.83. The van der Waals surface area contributed by atoms with Crippen molar-refractivity contribution in [3.8, 4) is 28.7 Å². The summed E-state index contributed by atoms with van der Waals surface area (Å²) in [7, 11) is 3.45. The molecule has 13 nitrogen and oxygen atoms in total. The lowest BCUT2D eigenvalue weighted by Crippen LogP contribution is -2.69. The number of piperazine rings is 1. The van der Waals surface area contributed by atoms with Gasteiger partial charge in [-0.1, -0.05) is 36.4 Å². The molecule has 3 aromatic rings. The van der Waals surface area contributed by atoms with Crippen molar-refractivity contribution >= 4 is 35.7 Å². The zero-order valence-corrected chi connectivity index (χ0v) is 30.8. The first-order valence-corrected chi connectivity index (χ1v) is 18.6. The number of rotatable bonds is 5. The molecule has 278 valence electrons. The van der Waals surface area contributed by atoms with E-state index in [1.165, 1.54) is 31.9 Å². The van der Waals surface area contributed by atoms with Crippen LogP contribution in [0.5, 0.6) is 28.7 Å². The van der Waals surface area contributed by atoms with Crippen LogP contribution in [0.2, 0.25) is 0 Å². The van der Waals surface area contributed by atoms with Crippen molar-refractivity contribution in [2.75, 3.05) is 33.3 Å². The number of esters is 2. The summed E-state index contributed by atoms with van der Waals surface area (Å²) in [6, 6.07) is 8.05. The zero-order valence-electron chi connectivity index (χ0n) is 30.0. The highest BCUT2D eigenvalue weighted by atomic mass is 32.2. The first-order valence-electron chi connectivity index (χ1n) is 17.5. The van der Waals surface area contributed by atoms with E-state index in [4.69, 9.17) is 23.7 Å². The number of benzene rings is 3. The van der Waals surface area contributed by atoms with E-state index >= 15 is 0 Å². The Bertz CT molecular complexity index is 2040. The highest BCUT2D eigenvalue weighted by Gasteiger charge is 2.60. The molecule has 9 rings (SSSR count). The third-order valence-electron chi connectivity index (χ3n) is 11.0. The SMILES string of the molecule is COc1c(C)cc2c(c1O)[C@@H]1C3[C@@H]4SCC(NC(=O)/C=C/c5ccccc5)C(=O)OC[C@H](c5c6c(c(C)c(OC(C)=O)c54)OCO6)N3[C@@H](O)[C@@H](C2)N1C. The standard InChI is InChI=1S/C39H41N3O10S/c1-18-13-22-14-24-38(46)42-25-15-49-39(47)23(40-26(44)12-11-21-9-7-6-8-10-21)16-53-37(31(42)30(41(24)4)27(22)32(45)33(18)48-5)29-28(25)36-35(50-17-51-36)19(2)34(29)52-20(3)43/h6-13,23-25,30-31,37-38,45-46H,14-17H2,1-5H3,(H,40,44)/b12-11+/t23?,24-,25-,30-,31?,37-,38+/m1/s1. The van der Waals surface area contributed by atoms with Gasteiger partial charge in [-0.3, -0.25) is 19.4 Å². The lowest BCUT2D eigenvalue weighted by molar-refractivity contribution is -0.184. The minimum absolute atomic E-state index is 0.0242. The van der Waals surface area contributed by atoms with Crippen LogP contribution in [0.4, 0.5) is 0 Å². The van der Waals surface area contributed by atoms with Crippen molar-refractivity contribution in [3.05, 3.63) is 81.4 Å². The second kappa shape index (κ2) is 13.6. The summed E-state index contributed by atoms with van der Waals surface area (Å²) in [4.78, 5) is 43.8. The molecular formula is C39H41N3O10S. The van der Waals surface area contributed by atoms with E-state index in [2.05, 4.69) is 10.2 Å². The molecule has 2 unspecified atom stereocenters. The van der Waals surface area contributed by atoms with Crippen LogP contribution in [0, 0.1) is 13.8 Å². The summed E-state index contributed by atoms with van der Waals surface area (Å²) < 4.78 is 29.8. The quantitative estimate of drug-likeness (QED) is 0.197. The number of methoxy groups -OCH3 is 1. The van der Waals surface area contributed by atoms with Gasteiger partial charge in [-0.15, -0.1) is 11.8 Å². The van der Waals surface area contributed by atoms with Crippen molar-refractivity contribution in [1.29, 1.82) is 0 Å². The molecule has 53 heavy (non-hydrogen) atoms. The molecule has 2 saturated heterocycles. The molecule has 3 aromatic carbocycles. The zero-order chi connectivity index (χ0) is 37.3. The Morgan fingerprint density at radius 2 is 1.81 bits per heavy atom. The molecule has 1 amide bonds. The fraction of sp³-hybridized carbons (Fsp3) is 0.410. The number of thioether (sulfide) groups is 1. The number of phenolic OH excluding ortho intramolecular Hbond substituents is 1. The van der Waals surface area contributed by atoms with Crippen LogP contribution in [0.25, 0.3) is 6.08 Å². The Kier molecular flexibility index (Phi) is 9.04. The number of carbonyl (C=O) groups is 3. The maximum Gasteiger partial charge on any atom is 0.329 e. The van der Waals surface area contributed by atoms with Crippen LogP contribution < -0.4 is 24.3 Å². The van der Waals surface area contributed by atoms with Crippen LogP contribution in [-0.4, -0.2) is 95.5 Å². The van der Waals surface area contributed by atoms with E-state index in [1.54, 1.807) is 13.0 Å². The highest BCUT2D eigenvalue weighted by molar-refractivity contribution is 7.99. The van der Waals surface area contributed by atoms with Gasteiger partial charge in [0.25, 0.3) is 0 Å². The molecule has 0 saturated carbocycles. The van der Waals surface area contributed by atoms with Gasteiger partial charge in [0.2, 0.25) is 12.7 Å². The number of nitrogens with one attached hydrogen (secondary N) is 1. The molecule has 0 spiro atoms. The Hall–Kier alpha value is -4.76. The summed E-state index contributed by atoms with van der Waals surface area (Å²) in [5.41, 5.74) is 5.00. The number of hydrogen-bond acceptors (Lipinski definition) is 13. The van der Waals surface area contributed by atoms with Crippen LogP contribution in [0.15, 0.2) is 42.5 Å². The summed E-state index contributed by atoms with van der Waals surface area (Å²) in [6.45, 7) is 4.72. The van der Waals surface area contributed by atoms with Crippen LogP contribution in [0.3, 0.4) is 0 Å². The minimum Gasteiger partial charge on any atom is -0.504 e. The Labute approximate surface area is 310 Å². The molecule has 0 radical (unpaired) electrons. The summed E-state index contributed by atoms with van der Waals surface area (Å²) in [5.74, 6) is -0.0115. The van der Waals surface area contributed by atoms with Gasteiger partial charge in [0, 0.05) is 47.0 Å². The summed E-state index contributed by atoms with van der Waals surface area (Å²) in [6.07, 6.45) is 2.44. The second-order valence-corrected chi connectivity index (χ2v) is 15.2. The number of aliphatic hydroxyl groups is 1. The average molecular weight is 744 g/mol. The van der Waals surface area contributed by atoms with Crippen LogP contribution in [0.1, 0.15) is 63.2 Å². The number of phenols is 1. The Morgan fingerprint density at radius 1 is 1.06 bits per heavy atom. The molecule has 0 aromatic heterocycles. The van der Waals surface area contributed by atoms with E-state index in [1.807, 2.05) is 55.3 Å². The number of ether oxygens (including phenoxy) is 5. The summed E-state index contributed by atoms with van der Waals surface area (Å²) >= 11 is 1.37. The number of likely N-dealkylation sites (N-methyl/N-ethyl adjacent to an activating group) is 1. The van der Waals surface area contributed by atoms with Gasteiger partial charge in [0.15, 0.2) is 23.0 Å². The number of aromatic hydroxyl groups is 1. The first kappa shape index (κ1) is 35.3. The predicted molar refractivity (Wildman–Crippen MR) is 194 cm³/mol. The van der Waals surface area contributed by atoms with E-state index in [0.29, 0.717) is 51.7 Å². The van der Waals surface area contributed by atoms with Crippen molar-refractivity contribution in [1.82, 2.24) is 15.1 Å². The van der Waals surface area contributed by atoms with Crippen molar-refractivity contribution in [2.45, 2.75) is 68.9 Å². The van der Waals surface area contributed by atoms with Gasteiger partial charge in [0.1, 0.15) is 24.6 Å². The number of amides is 1. The minimum atomic E-state index is -1.05. The Morgan fingerprint density at radius 3 is 2.55 bits per heavy atom. The molecule has 4 bridgehead atoms.